The number of ketones is 1. The first kappa shape index (κ1) is 40.0. The van der Waals surface area contributed by atoms with Crippen LogP contribution in [0.2, 0.25) is 5.02 Å². The molecule has 4 saturated carbocycles. The molecule has 2 bridgehead atoms. The Bertz CT molecular complexity index is 1660. The number of carbonyl (C=O) groups is 2. The number of nitrogens with zero attached hydrogens (tertiary/aromatic N) is 1. The topological polar surface area (TPSA) is 96.3 Å². The van der Waals surface area contributed by atoms with Crippen molar-refractivity contribution >= 4 is 23.5 Å². The Hall–Kier alpha value is -2.26. The lowest BCUT2D eigenvalue weighted by Crippen LogP contribution is -2.67. The molecule has 0 saturated heterocycles. The predicted octanol–water partition coefficient (Wildman–Crippen LogP) is 9.12. The Morgan fingerprint density at radius 1 is 1.04 bits per heavy atom. The van der Waals surface area contributed by atoms with Gasteiger partial charge in [-0.15, -0.1) is 0 Å². The highest BCUT2D eigenvalue weighted by molar-refractivity contribution is 6.31. The minimum Gasteiger partial charge on any atom is -0.446 e. The number of allylic oxidation sites excluding steroid dienone is 4. The predicted molar refractivity (Wildman–Crippen MR) is 208 cm³/mol. The third-order valence-corrected chi connectivity index (χ3v) is 16.5. The maximum atomic E-state index is 15.2. The minimum atomic E-state index is -1.23. The van der Waals surface area contributed by atoms with Gasteiger partial charge in [0.2, 0.25) is 0 Å². The van der Waals surface area contributed by atoms with Crippen molar-refractivity contribution < 1.29 is 33.7 Å². The maximum absolute atomic E-state index is 15.2. The summed E-state index contributed by atoms with van der Waals surface area (Å²) < 4.78 is 27.0. The molecular formula is C45H63ClFNO6. The summed E-state index contributed by atoms with van der Waals surface area (Å²) in [5.74, 6) is 0.550. The van der Waals surface area contributed by atoms with Crippen LogP contribution in [0.5, 0.6) is 0 Å². The number of methoxy groups -OCH3 is 1. The SMILES string of the molecule is COCCCN(C[C@]1(O)CC[C@H]2[C@]34C=C[C@@]5(C=C3C(=O)Cc3c(F)cccc3Cl)CC(O)CC[C@]5(C)[C@H]4CC[C@@]21C)C(=O)O[C@H]1C[C@@H](C)CC[C@@H]1C(C)C. The number of carbonyl (C=O) groups excluding carboxylic acids is 2. The third kappa shape index (κ3) is 6.23. The van der Waals surface area contributed by atoms with Gasteiger partial charge in [0.1, 0.15) is 11.9 Å². The molecule has 7 nitrogen and oxygen atoms in total. The van der Waals surface area contributed by atoms with Gasteiger partial charge in [0.15, 0.2) is 5.78 Å². The number of amides is 1. The molecule has 11 atom stereocenters. The molecule has 54 heavy (non-hydrogen) atoms. The minimum absolute atomic E-state index is 0.0976. The monoisotopic (exact) mass is 767 g/mol. The number of ether oxygens (including phenoxy) is 2. The van der Waals surface area contributed by atoms with Crippen LogP contribution in [0.4, 0.5) is 9.18 Å². The molecule has 0 radical (unpaired) electrons. The lowest BCUT2D eigenvalue weighted by atomic mass is 9.32. The van der Waals surface area contributed by atoms with Crippen molar-refractivity contribution in [2.24, 2.45) is 51.2 Å². The van der Waals surface area contributed by atoms with E-state index in [0.29, 0.717) is 68.6 Å². The highest BCUT2D eigenvalue weighted by atomic mass is 35.5. The van der Waals surface area contributed by atoms with Crippen molar-refractivity contribution in [3.05, 3.63) is 58.4 Å². The first-order chi connectivity index (χ1) is 25.5. The Morgan fingerprint density at radius 2 is 1.76 bits per heavy atom. The summed E-state index contributed by atoms with van der Waals surface area (Å²) in [4.78, 5) is 30.8. The van der Waals surface area contributed by atoms with E-state index >= 15 is 4.39 Å². The smallest absolute Gasteiger partial charge is 0.410 e. The molecule has 1 amide bonds. The summed E-state index contributed by atoms with van der Waals surface area (Å²) in [5.41, 5.74) is -2.35. The summed E-state index contributed by atoms with van der Waals surface area (Å²) in [6.45, 7) is 12.2. The highest BCUT2D eigenvalue weighted by Crippen LogP contribution is 2.78. The Morgan fingerprint density at radius 3 is 2.48 bits per heavy atom. The molecule has 1 aromatic rings. The molecule has 4 fully saturated rings. The number of aliphatic hydroxyl groups excluding tert-OH is 1. The second kappa shape index (κ2) is 14.6. The first-order valence-electron chi connectivity index (χ1n) is 20.8. The molecule has 2 spiro atoms. The number of fused-ring (bicyclic) bond motifs is 1. The second-order valence-electron chi connectivity index (χ2n) is 19.1. The van der Waals surface area contributed by atoms with Crippen molar-refractivity contribution in [3.8, 4) is 0 Å². The lowest BCUT2D eigenvalue weighted by molar-refractivity contribution is -0.178. The van der Waals surface area contributed by atoms with Gasteiger partial charge < -0.3 is 24.6 Å². The van der Waals surface area contributed by atoms with Gasteiger partial charge in [-0.25, -0.2) is 9.18 Å². The summed E-state index contributed by atoms with van der Waals surface area (Å²) >= 11 is 6.50. The number of rotatable bonds is 11. The zero-order valence-corrected chi connectivity index (χ0v) is 34.1. The molecule has 7 aliphatic rings. The lowest BCUT2D eigenvalue weighted by Gasteiger charge is -2.71. The Balaban J connectivity index is 1.24. The average molecular weight is 768 g/mol. The van der Waals surface area contributed by atoms with Crippen LogP contribution in [-0.4, -0.2) is 71.6 Å². The average Bonchev–Trinajstić information content (AvgIpc) is 3.39. The van der Waals surface area contributed by atoms with Gasteiger partial charge in [-0.1, -0.05) is 76.9 Å². The van der Waals surface area contributed by atoms with Crippen molar-refractivity contribution in [1.82, 2.24) is 4.90 Å². The van der Waals surface area contributed by atoms with Crippen molar-refractivity contribution in [2.75, 3.05) is 26.8 Å². The standard InChI is InChI=1S/C45H63ClFNO6/c1-28(2)31-12-11-29(3)23-37(31)54-40(51)48(21-8-22-53-6)27-44(52)18-15-39-42(44,5)17-14-38-41(4)16-13-30(49)25-43(41)19-20-45(38,39)33(26-43)36(50)24-32-34(46)9-7-10-35(32)47/h7,9-10,19-20,26,28-31,37-39,49,52H,8,11-18,21-25,27H2,1-6H3/t29-,30?,31+,37-,38+,39+,41+,42-,43-,44+,45+/m0/s1. The number of benzene rings is 1. The van der Waals surface area contributed by atoms with Gasteiger partial charge in [-0.3, -0.25) is 4.79 Å². The fourth-order valence-electron chi connectivity index (χ4n) is 13.0. The van der Waals surface area contributed by atoms with Crippen LogP contribution >= 0.6 is 11.6 Å². The third-order valence-electron chi connectivity index (χ3n) is 16.1. The van der Waals surface area contributed by atoms with Crippen LogP contribution in [0, 0.1) is 57.1 Å². The molecule has 0 aliphatic heterocycles. The van der Waals surface area contributed by atoms with E-state index in [1.807, 2.05) is 0 Å². The van der Waals surface area contributed by atoms with Crippen LogP contribution in [0.25, 0.3) is 0 Å². The van der Waals surface area contributed by atoms with E-state index in [4.69, 9.17) is 21.1 Å². The highest BCUT2D eigenvalue weighted by Gasteiger charge is 2.74. The number of hydrogen-bond donors (Lipinski definition) is 2. The van der Waals surface area contributed by atoms with E-state index in [1.165, 1.54) is 6.07 Å². The zero-order valence-electron chi connectivity index (χ0n) is 33.3. The van der Waals surface area contributed by atoms with E-state index in [1.54, 1.807) is 24.1 Å². The van der Waals surface area contributed by atoms with Gasteiger partial charge >= 0.3 is 6.09 Å². The van der Waals surface area contributed by atoms with Crippen LogP contribution < -0.4 is 0 Å². The summed E-state index contributed by atoms with van der Waals surface area (Å²) in [7, 11) is 1.66. The maximum Gasteiger partial charge on any atom is 0.410 e. The van der Waals surface area contributed by atoms with Gasteiger partial charge in [-0.05, 0) is 111 Å². The largest absolute Gasteiger partial charge is 0.446 e. The zero-order chi connectivity index (χ0) is 38.8. The fraction of sp³-hybridized carbons (Fsp3) is 0.733. The first-order valence-corrected chi connectivity index (χ1v) is 21.2. The van der Waals surface area contributed by atoms with E-state index < -0.39 is 33.8 Å². The number of halogens is 2. The summed E-state index contributed by atoms with van der Waals surface area (Å²) in [6.07, 6.45) is 14.0. The summed E-state index contributed by atoms with van der Waals surface area (Å²) in [5, 5.41) is 24.3. The van der Waals surface area contributed by atoms with Crippen molar-refractivity contribution in [2.45, 2.75) is 129 Å². The number of aliphatic hydroxyl groups is 2. The van der Waals surface area contributed by atoms with Crippen LogP contribution in [0.3, 0.4) is 0 Å². The molecule has 9 heteroatoms. The normalized spacial score (nSPS) is 40.8. The number of Topliss-reactive ketones (excluding diaryl/α,β-unsaturated/α-hetero) is 1. The molecule has 8 rings (SSSR count). The van der Waals surface area contributed by atoms with Crippen LogP contribution in [0.15, 0.2) is 42.0 Å². The van der Waals surface area contributed by atoms with E-state index in [0.717, 1.165) is 38.5 Å². The van der Waals surface area contributed by atoms with Crippen molar-refractivity contribution in [1.29, 1.82) is 0 Å². The van der Waals surface area contributed by atoms with E-state index in [-0.39, 0.29) is 58.8 Å². The number of hydrogen-bond acceptors (Lipinski definition) is 6. The van der Waals surface area contributed by atoms with E-state index in [2.05, 4.69) is 52.8 Å². The quantitative estimate of drug-likeness (QED) is 0.172. The Labute approximate surface area is 327 Å². The molecule has 1 aromatic carbocycles. The fourth-order valence-corrected chi connectivity index (χ4v) is 13.2. The molecule has 2 N–H and O–H groups in total. The molecule has 298 valence electrons. The second-order valence-corrected chi connectivity index (χ2v) is 19.5. The van der Waals surface area contributed by atoms with E-state index in [9.17, 15) is 19.8 Å². The Kier molecular flexibility index (Phi) is 10.8. The molecular weight excluding hydrogens is 705 g/mol. The summed E-state index contributed by atoms with van der Waals surface area (Å²) in [6, 6.07) is 4.52. The van der Waals surface area contributed by atoms with Crippen LogP contribution in [0.1, 0.15) is 111 Å². The molecule has 7 aliphatic carbocycles. The van der Waals surface area contributed by atoms with Gasteiger partial charge in [0.05, 0.1) is 18.2 Å². The molecule has 1 unspecified atom stereocenters. The van der Waals surface area contributed by atoms with Gasteiger partial charge in [0, 0.05) is 59.1 Å². The van der Waals surface area contributed by atoms with Crippen LogP contribution in [-0.2, 0) is 20.7 Å². The van der Waals surface area contributed by atoms with Gasteiger partial charge in [-0.2, -0.15) is 0 Å². The van der Waals surface area contributed by atoms with Gasteiger partial charge in [0.25, 0.3) is 0 Å². The molecule has 0 heterocycles. The van der Waals surface area contributed by atoms with Crippen molar-refractivity contribution in [3.63, 3.8) is 0 Å². The molecule has 0 aromatic heterocycles.